The van der Waals surface area contributed by atoms with E-state index in [-0.39, 0.29) is 12.4 Å². The number of nitrogens with zero attached hydrogens (tertiary/aromatic N) is 1. The Labute approximate surface area is 176 Å². The summed E-state index contributed by atoms with van der Waals surface area (Å²) in [5, 5.41) is 2.37. The highest BCUT2D eigenvalue weighted by molar-refractivity contribution is 6.43. The van der Waals surface area contributed by atoms with Gasteiger partial charge in [0.05, 0.1) is 32.9 Å². The summed E-state index contributed by atoms with van der Waals surface area (Å²) in [6.07, 6.45) is 3.67. The van der Waals surface area contributed by atoms with E-state index in [0.29, 0.717) is 32.9 Å². The molecule has 0 atom stereocenters. The van der Waals surface area contributed by atoms with E-state index >= 15 is 0 Å². The summed E-state index contributed by atoms with van der Waals surface area (Å²) < 4.78 is 11.7. The molecule has 4 nitrogen and oxygen atoms in total. The predicted octanol–water partition coefficient (Wildman–Crippen LogP) is 5.99. The van der Waals surface area contributed by atoms with Gasteiger partial charge in [-0.3, -0.25) is 0 Å². The Morgan fingerprint density at radius 2 is 1.75 bits per heavy atom. The Morgan fingerprint density at radius 1 is 0.964 bits per heavy atom. The van der Waals surface area contributed by atoms with E-state index in [9.17, 15) is 4.79 Å². The summed E-state index contributed by atoms with van der Waals surface area (Å²) in [4.78, 5) is 14.6. The topological polar surface area (TPSA) is 42.7 Å². The molecule has 0 saturated heterocycles. The van der Waals surface area contributed by atoms with Gasteiger partial charge in [-0.25, -0.2) is 4.79 Å². The lowest BCUT2D eigenvalue weighted by molar-refractivity contribution is 0.289. The summed E-state index contributed by atoms with van der Waals surface area (Å²) >= 11 is 19.1. The van der Waals surface area contributed by atoms with Crippen molar-refractivity contribution in [3.8, 4) is 5.75 Å². The van der Waals surface area contributed by atoms with Crippen LogP contribution < -0.4 is 15.3 Å². The molecule has 1 aromatic heterocycles. The first-order valence-corrected chi connectivity index (χ1v) is 10.3. The number of aryl methyl sites for hydroxylation is 1. The van der Waals surface area contributed by atoms with Crippen LogP contribution in [-0.2, 0) is 19.4 Å². The minimum Gasteiger partial charge on any atom is -0.471 e. The first kappa shape index (κ1) is 18.2. The van der Waals surface area contributed by atoms with Gasteiger partial charge in [0.25, 0.3) is 0 Å². The highest BCUT2D eigenvalue weighted by Gasteiger charge is 2.28. The lowest BCUT2D eigenvalue weighted by Gasteiger charge is -2.32. The maximum absolute atomic E-state index is 12.6. The van der Waals surface area contributed by atoms with Crippen molar-refractivity contribution in [2.24, 2.45) is 0 Å². The number of ether oxygens (including phenoxy) is 1. The second-order valence-corrected chi connectivity index (χ2v) is 8.33. The fourth-order valence-electron chi connectivity index (χ4n) is 4.16. The molecule has 0 spiro atoms. The fraction of sp³-hybridized carbons (Fsp3) is 0.286. The normalized spacial score (nSPS) is 15.9. The fourth-order valence-corrected chi connectivity index (χ4v) is 4.85. The van der Waals surface area contributed by atoms with Gasteiger partial charge in [0.15, 0.2) is 6.73 Å². The van der Waals surface area contributed by atoms with Gasteiger partial charge in [-0.05, 0) is 49.4 Å². The highest BCUT2D eigenvalue weighted by atomic mass is 35.5. The zero-order valence-corrected chi connectivity index (χ0v) is 17.1. The summed E-state index contributed by atoms with van der Waals surface area (Å²) in [6.45, 7) is 0.724. The standard InChI is InChI=1S/C21H16Cl3NO3/c22-15-6-3-7-17(18(15)24)25-9-14-19-13(8-16(23)20(14)27-10-25)11-4-1-2-5-12(11)21(26)28-19/h3,6-8H,1-2,4-5,9-10H2. The molecule has 2 heterocycles. The SMILES string of the molecule is O=c1oc2c3c(c(Cl)cc2c2c1CCCC2)OCN(c1cccc(Cl)c1Cl)C3. The molecule has 7 heteroatoms. The Morgan fingerprint density at radius 3 is 2.57 bits per heavy atom. The molecule has 1 aliphatic heterocycles. The van der Waals surface area contributed by atoms with E-state index in [1.165, 1.54) is 0 Å². The van der Waals surface area contributed by atoms with Gasteiger partial charge in [0.1, 0.15) is 11.3 Å². The molecule has 0 bridgehead atoms. The van der Waals surface area contributed by atoms with Gasteiger partial charge in [-0.15, -0.1) is 0 Å². The van der Waals surface area contributed by atoms with Crippen LogP contribution in [0.1, 0.15) is 29.5 Å². The first-order valence-electron chi connectivity index (χ1n) is 9.16. The smallest absolute Gasteiger partial charge is 0.339 e. The van der Waals surface area contributed by atoms with E-state index in [1.54, 1.807) is 6.07 Å². The van der Waals surface area contributed by atoms with E-state index in [1.807, 2.05) is 23.1 Å². The van der Waals surface area contributed by atoms with Crippen LogP contribution in [0.25, 0.3) is 11.0 Å². The minimum atomic E-state index is -0.260. The summed E-state index contributed by atoms with van der Waals surface area (Å²) in [5.41, 5.74) is 3.64. The first-order chi connectivity index (χ1) is 13.5. The van der Waals surface area contributed by atoms with Crippen molar-refractivity contribution in [2.75, 3.05) is 11.6 Å². The molecule has 0 N–H and O–H groups in total. The molecule has 3 aromatic rings. The average molecular weight is 437 g/mol. The second-order valence-electron chi connectivity index (χ2n) is 7.14. The summed E-state index contributed by atoms with van der Waals surface area (Å²) in [7, 11) is 0. The van der Waals surface area contributed by atoms with Crippen molar-refractivity contribution < 1.29 is 9.15 Å². The molecule has 5 rings (SSSR count). The number of anilines is 1. The van der Waals surface area contributed by atoms with Gasteiger partial charge >= 0.3 is 5.63 Å². The molecule has 28 heavy (non-hydrogen) atoms. The van der Waals surface area contributed by atoms with Crippen LogP contribution in [0.15, 0.2) is 33.5 Å². The molecule has 0 fully saturated rings. The molecule has 2 aromatic carbocycles. The predicted molar refractivity (Wildman–Crippen MR) is 112 cm³/mol. The van der Waals surface area contributed by atoms with E-state index in [4.69, 9.17) is 44.0 Å². The van der Waals surface area contributed by atoms with Crippen molar-refractivity contribution >= 4 is 51.5 Å². The van der Waals surface area contributed by atoms with Crippen LogP contribution in [-0.4, -0.2) is 6.73 Å². The molecular formula is C21H16Cl3NO3. The van der Waals surface area contributed by atoms with Crippen LogP contribution in [0.3, 0.4) is 0 Å². The van der Waals surface area contributed by atoms with Crippen LogP contribution in [0.5, 0.6) is 5.75 Å². The Kier molecular flexibility index (Phi) is 4.46. The third-order valence-electron chi connectivity index (χ3n) is 5.50. The second kappa shape index (κ2) is 6.87. The number of hydrogen-bond acceptors (Lipinski definition) is 4. The van der Waals surface area contributed by atoms with Gasteiger partial charge < -0.3 is 14.1 Å². The quantitative estimate of drug-likeness (QED) is 0.440. The maximum Gasteiger partial charge on any atom is 0.339 e. The van der Waals surface area contributed by atoms with Crippen molar-refractivity contribution in [1.29, 1.82) is 0 Å². The molecule has 0 radical (unpaired) electrons. The van der Waals surface area contributed by atoms with Gasteiger partial charge in [0.2, 0.25) is 0 Å². The zero-order chi connectivity index (χ0) is 19.4. The van der Waals surface area contributed by atoms with Gasteiger partial charge in [0, 0.05) is 10.9 Å². The maximum atomic E-state index is 12.6. The van der Waals surface area contributed by atoms with Gasteiger partial charge in [-0.1, -0.05) is 40.9 Å². The van der Waals surface area contributed by atoms with E-state index < -0.39 is 0 Å². The van der Waals surface area contributed by atoms with Crippen molar-refractivity contribution in [1.82, 2.24) is 0 Å². The number of halogens is 3. The number of fused-ring (bicyclic) bond motifs is 5. The van der Waals surface area contributed by atoms with E-state index in [2.05, 4.69) is 0 Å². The van der Waals surface area contributed by atoms with Crippen LogP contribution in [0.4, 0.5) is 5.69 Å². The monoisotopic (exact) mass is 435 g/mol. The van der Waals surface area contributed by atoms with Crippen LogP contribution in [0, 0.1) is 0 Å². The number of benzene rings is 2. The van der Waals surface area contributed by atoms with Crippen molar-refractivity contribution in [3.63, 3.8) is 0 Å². The van der Waals surface area contributed by atoms with Crippen LogP contribution >= 0.6 is 34.8 Å². The van der Waals surface area contributed by atoms with Gasteiger partial charge in [-0.2, -0.15) is 0 Å². The third-order valence-corrected chi connectivity index (χ3v) is 6.59. The molecule has 0 saturated carbocycles. The van der Waals surface area contributed by atoms with E-state index in [0.717, 1.165) is 53.4 Å². The van der Waals surface area contributed by atoms with Crippen LogP contribution in [0.2, 0.25) is 15.1 Å². The highest BCUT2D eigenvalue weighted by Crippen LogP contribution is 2.43. The molecular weight excluding hydrogens is 421 g/mol. The molecule has 144 valence electrons. The average Bonchev–Trinajstić information content (AvgIpc) is 2.71. The lowest BCUT2D eigenvalue weighted by atomic mass is 9.90. The molecule has 0 unspecified atom stereocenters. The zero-order valence-electron chi connectivity index (χ0n) is 14.9. The Bertz CT molecular complexity index is 1170. The largest absolute Gasteiger partial charge is 0.471 e. The van der Waals surface area contributed by atoms with Crippen molar-refractivity contribution in [3.05, 3.63) is 66.4 Å². The summed E-state index contributed by atoms with van der Waals surface area (Å²) in [6, 6.07) is 7.33. The van der Waals surface area contributed by atoms with Crippen molar-refractivity contribution in [2.45, 2.75) is 32.2 Å². The number of rotatable bonds is 1. The molecule has 2 aliphatic rings. The third kappa shape index (κ3) is 2.78. The summed E-state index contributed by atoms with van der Waals surface area (Å²) in [5.74, 6) is 0.558. The lowest BCUT2D eigenvalue weighted by Crippen LogP contribution is -2.32. The Hall–Kier alpha value is -1.88. The molecule has 0 amide bonds. The molecule has 1 aliphatic carbocycles. The Balaban J connectivity index is 1.70. The minimum absolute atomic E-state index is 0.260. The number of hydrogen-bond donors (Lipinski definition) is 0.